The van der Waals surface area contributed by atoms with Crippen molar-refractivity contribution < 1.29 is 24.5 Å². The Morgan fingerprint density at radius 1 is 1.05 bits per heavy atom. The highest BCUT2D eigenvalue weighted by atomic mass is 16.5. The molecule has 0 fully saturated rings. The van der Waals surface area contributed by atoms with Crippen LogP contribution in [0.25, 0.3) is 21.9 Å². The molecule has 0 aliphatic heterocycles. The number of phenols is 3. The largest absolute Gasteiger partial charge is 0.507 e. The number of hydrogen-bond donors (Lipinski definition) is 3. The first kappa shape index (κ1) is 12.2. The molecule has 102 valence electrons. The second-order valence-electron chi connectivity index (χ2n) is 4.23. The Morgan fingerprint density at radius 3 is 2.50 bits per heavy atom. The van der Waals surface area contributed by atoms with E-state index in [1.165, 1.54) is 25.3 Å². The minimum absolute atomic E-state index is 0.0386. The van der Waals surface area contributed by atoms with Crippen molar-refractivity contribution in [2.45, 2.75) is 0 Å². The average Bonchev–Trinajstić information content (AvgIpc) is 2.40. The first-order valence-electron chi connectivity index (χ1n) is 5.72. The van der Waals surface area contributed by atoms with Gasteiger partial charge in [0.05, 0.1) is 7.11 Å². The predicted molar refractivity (Wildman–Crippen MR) is 71.5 cm³/mol. The van der Waals surface area contributed by atoms with Crippen molar-refractivity contribution in [1.82, 2.24) is 0 Å². The first-order valence-corrected chi connectivity index (χ1v) is 5.72. The third-order valence-electron chi connectivity index (χ3n) is 3.07. The zero-order valence-corrected chi connectivity index (χ0v) is 10.4. The highest BCUT2D eigenvalue weighted by Gasteiger charge is 2.20. The first-order chi connectivity index (χ1) is 9.54. The third-order valence-corrected chi connectivity index (χ3v) is 3.07. The van der Waals surface area contributed by atoms with Gasteiger partial charge in [-0.25, -0.2) is 0 Å². The maximum Gasteiger partial charge on any atom is 0.208 e. The van der Waals surface area contributed by atoms with E-state index < -0.39 is 5.43 Å². The van der Waals surface area contributed by atoms with E-state index in [2.05, 4.69) is 0 Å². The molecule has 20 heavy (non-hydrogen) atoms. The maximum atomic E-state index is 12.5. The van der Waals surface area contributed by atoms with E-state index >= 15 is 0 Å². The van der Waals surface area contributed by atoms with Crippen LogP contribution in [0.2, 0.25) is 0 Å². The molecule has 0 aliphatic carbocycles. The summed E-state index contributed by atoms with van der Waals surface area (Å²) in [5.41, 5.74) is -0.573. The predicted octanol–water partition coefficient (Wildman–Crippen LogP) is 2.07. The molecule has 0 saturated heterocycles. The molecule has 3 aromatic rings. The van der Waals surface area contributed by atoms with Crippen LogP contribution in [-0.2, 0) is 0 Å². The molecule has 1 aromatic heterocycles. The highest BCUT2D eigenvalue weighted by Crippen LogP contribution is 2.40. The quantitative estimate of drug-likeness (QED) is 0.587. The SMILES string of the molecule is COc1c(O)cc(O)c2oc3cccc(O)c3c(=O)c12. The zero-order chi connectivity index (χ0) is 14.4. The molecule has 0 atom stereocenters. The zero-order valence-electron chi connectivity index (χ0n) is 10.4. The minimum atomic E-state index is -0.595. The average molecular weight is 274 g/mol. The van der Waals surface area contributed by atoms with Gasteiger partial charge in [-0.15, -0.1) is 0 Å². The summed E-state index contributed by atoms with van der Waals surface area (Å²) in [5.74, 6) is -1.14. The Morgan fingerprint density at radius 2 is 1.80 bits per heavy atom. The standard InChI is InChI=1S/C14H10O6/c1-19-13-7(16)5-8(17)14-11(13)12(18)10-6(15)3-2-4-9(10)20-14/h2-5,15-17H,1H3. The number of hydrogen-bond acceptors (Lipinski definition) is 6. The number of methoxy groups -OCH3 is 1. The maximum absolute atomic E-state index is 12.5. The lowest BCUT2D eigenvalue weighted by Crippen LogP contribution is -2.04. The fourth-order valence-electron chi connectivity index (χ4n) is 2.20. The molecule has 6 heteroatoms. The van der Waals surface area contributed by atoms with Crippen molar-refractivity contribution in [3.8, 4) is 23.0 Å². The van der Waals surface area contributed by atoms with Crippen molar-refractivity contribution in [2.75, 3.05) is 7.11 Å². The smallest absolute Gasteiger partial charge is 0.208 e. The van der Waals surface area contributed by atoms with Gasteiger partial charge in [0.25, 0.3) is 0 Å². The summed E-state index contributed by atoms with van der Waals surface area (Å²) in [6, 6.07) is 5.38. The number of aromatic hydroxyl groups is 3. The molecule has 0 spiro atoms. The van der Waals surface area contributed by atoms with Crippen molar-refractivity contribution in [1.29, 1.82) is 0 Å². The number of benzene rings is 2. The Labute approximate surface area is 112 Å². The van der Waals surface area contributed by atoms with E-state index in [4.69, 9.17) is 9.15 Å². The van der Waals surface area contributed by atoms with Crippen LogP contribution in [0.5, 0.6) is 23.0 Å². The van der Waals surface area contributed by atoms with E-state index in [0.29, 0.717) is 0 Å². The van der Waals surface area contributed by atoms with Crippen LogP contribution in [0.15, 0.2) is 33.5 Å². The van der Waals surface area contributed by atoms with Crippen LogP contribution in [0, 0.1) is 0 Å². The van der Waals surface area contributed by atoms with Crippen LogP contribution in [-0.4, -0.2) is 22.4 Å². The Balaban J connectivity index is 2.68. The van der Waals surface area contributed by atoms with Gasteiger partial charge in [-0.3, -0.25) is 4.79 Å². The summed E-state index contributed by atoms with van der Waals surface area (Å²) in [4.78, 5) is 12.5. The second-order valence-corrected chi connectivity index (χ2v) is 4.23. The van der Waals surface area contributed by atoms with Crippen LogP contribution >= 0.6 is 0 Å². The topological polar surface area (TPSA) is 100 Å². The molecule has 0 radical (unpaired) electrons. The van der Waals surface area contributed by atoms with Crippen molar-refractivity contribution in [3.63, 3.8) is 0 Å². The van der Waals surface area contributed by atoms with Gasteiger partial charge in [-0.05, 0) is 12.1 Å². The monoisotopic (exact) mass is 274 g/mol. The summed E-state index contributed by atoms with van der Waals surface area (Å²) in [5, 5.41) is 29.2. The molecule has 2 aromatic carbocycles. The lowest BCUT2D eigenvalue weighted by atomic mass is 10.1. The van der Waals surface area contributed by atoms with E-state index in [9.17, 15) is 20.1 Å². The van der Waals surface area contributed by atoms with E-state index in [0.717, 1.165) is 6.07 Å². The van der Waals surface area contributed by atoms with Crippen LogP contribution in [0.1, 0.15) is 0 Å². The van der Waals surface area contributed by atoms with Gasteiger partial charge in [0.1, 0.15) is 22.1 Å². The number of fused-ring (bicyclic) bond motifs is 2. The molecule has 3 N–H and O–H groups in total. The lowest BCUT2D eigenvalue weighted by molar-refractivity contribution is 0.373. The molecular weight excluding hydrogens is 264 g/mol. The van der Waals surface area contributed by atoms with E-state index in [1.54, 1.807) is 0 Å². The molecule has 0 bridgehead atoms. The Kier molecular flexibility index (Phi) is 2.47. The Hall–Kier alpha value is -2.89. The number of ether oxygens (including phenoxy) is 1. The van der Waals surface area contributed by atoms with E-state index in [1.807, 2.05) is 0 Å². The van der Waals surface area contributed by atoms with Crippen molar-refractivity contribution in [3.05, 3.63) is 34.5 Å². The summed E-state index contributed by atoms with van der Waals surface area (Å²) < 4.78 is 10.4. The summed E-state index contributed by atoms with van der Waals surface area (Å²) in [6.07, 6.45) is 0. The van der Waals surface area contributed by atoms with Gasteiger partial charge >= 0.3 is 0 Å². The van der Waals surface area contributed by atoms with Crippen LogP contribution in [0.4, 0.5) is 0 Å². The van der Waals surface area contributed by atoms with Crippen LogP contribution < -0.4 is 10.2 Å². The van der Waals surface area contributed by atoms with Gasteiger partial charge in [0.15, 0.2) is 22.8 Å². The fraction of sp³-hybridized carbons (Fsp3) is 0.0714. The second kappa shape index (κ2) is 4.06. The lowest BCUT2D eigenvalue weighted by Gasteiger charge is -2.09. The minimum Gasteiger partial charge on any atom is -0.507 e. The van der Waals surface area contributed by atoms with Crippen LogP contribution in [0.3, 0.4) is 0 Å². The van der Waals surface area contributed by atoms with Gasteiger partial charge in [0.2, 0.25) is 5.43 Å². The molecule has 0 unspecified atom stereocenters. The highest BCUT2D eigenvalue weighted by molar-refractivity contribution is 5.99. The van der Waals surface area contributed by atoms with Crippen molar-refractivity contribution >= 4 is 21.9 Å². The number of rotatable bonds is 1. The van der Waals surface area contributed by atoms with Gasteiger partial charge in [0, 0.05) is 6.07 Å². The van der Waals surface area contributed by atoms with E-state index in [-0.39, 0.29) is 44.9 Å². The summed E-state index contributed by atoms with van der Waals surface area (Å²) >= 11 is 0. The molecule has 0 saturated carbocycles. The van der Waals surface area contributed by atoms with Gasteiger partial charge in [-0.2, -0.15) is 0 Å². The molecule has 6 nitrogen and oxygen atoms in total. The van der Waals surface area contributed by atoms with Gasteiger partial charge in [-0.1, -0.05) is 6.07 Å². The van der Waals surface area contributed by atoms with Gasteiger partial charge < -0.3 is 24.5 Å². The Bertz CT molecular complexity index is 894. The molecule has 3 rings (SSSR count). The summed E-state index contributed by atoms with van der Waals surface area (Å²) in [6.45, 7) is 0. The number of phenolic OH excluding ortho intramolecular Hbond substituents is 3. The molecule has 1 heterocycles. The van der Waals surface area contributed by atoms with Crippen molar-refractivity contribution in [2.24, 2.45) is 0 Å². The molecule has 0 aliphatic rings. The fourth-order valence-corrected chi connectivity index (χ4v) is 2.20. The molecular formula is C14H10O6. The normalized spacial score (nSPS) is 11.1. The summed E-state index contributed by atoms with van der Waals surface area (Å²) in [7, 11) is 1.28. The third kappa shape index (κ3) is 1.48. The molecule has 0 amide bonds.